The number of aryl methyl sites for hydroxylation is 1. The number of hydrogen-bond donors (Lipinski definition) is 0. The molecule has 5 heteroatoms. The second kappa shape index (κ2) is 6.86. The second-order valence-corrected chi connectivity index (χ2v) is 5.86. The third-order valence-corrected chi connectivity index (χ3v) is 4.29. The fourth-order valence-electron chi connectivity index (χ4n) is 2.92. The summed E-state index contributed by atoms with van der Waals surface area (Å²) in [6, 6.07) is 0. The quantitative estimate of drug-likeness (QED) is 0.777. The molecule has 0 radical (unpaired) electrons. The highest BCUT2D eigenvalue weighted by atomic mass is 16.5. The second-order valence-electron chi connectivity index (χ2n) is 5.86. The van der Waals surface area contributed by atoms with Crippen LogP contribution in [0, 0.1) is 18.8 Å². The lowest BCUT2D eigenvalue weighted by Gasteiger charge is -2.26. The smallest absolute Gasteiger partial charge is 0.376 e. The number of ether oxygens (including phenoxy) is 1. The van der Waals surface area contributed by atoms with Gasteiger partial charge < -0.3 is 9.30 Å². The van der Waals surface area contributed by atoms with Crippen LogP contribution >= 0.6 is 0 Å². The monoisotopic (exact) mass is 279 g/mol. The Morgan fingerprint density at radius 3 is 2.65 bits per heavy atom. The van der Waals surface area contributed by atoms with Crippen LogP contribution in [-0.2, 0) is 11.3 Å². The number of aromatic nitrogens is 3. The lowest BCUT2D eigenvalue weighted by atomic mass is 9.81. The Balaban J connectivity index is 1.95. The molecule has 1 aliphatic carbocycles. The van der Waals surface area contributed by atoms with Gasteiger partial charge in [-0.15, -0.1) is 10.2 Å². The van der Waals surface area contributed by atoms with Crippen LogP contribution < -0.4 is 0 Å². The molecule has 0 aromatic carbocycles. The predicted octanol–water partition coefficient (Wildman–Crippen LogP) is 2.98. The average Bonchev–Trinajstić information content (AvgIpc) is 2.80. The molecule has 1 aromatic rings. The van der Waals surface area contributed by atoms with Crippen molar-refractivity contribution in [2.45, 2.75) is 59.4 Å². The molecule has 1 heterocycles. The molecule has 1 saturated carbocycles. The fraction of sp³-hybridized carbons (Fsp3) is 0.800. The van der Waals surface area contributed by atoms with Crippen molar-refractivity contribution in [1.29, 1.82) is 0 Å². The van der Waals surface area contributed by atoms with Crippen LogP contribution in [0.15, 0.2) is 0 Å². The first-order valence-corrected chi connectivity index (χ1v) is 7.68. The Bertz CT molecular complexity index is 448. The largest absolute Gasteiger partial charge is 0.460 e. The van der Waals surface area contributed by atoms with Gasteiger partial charge in [0.05, 0.1) is 6.61 Å². The zero-order valence-electron chi connectivity index (χ0n) is 12.8. The summed E-state index contributed by atoms with van der Waals surface area (Å²) >= 11 is 0. The van der Waals surface area contributed by atoms with Crippen LogP contribution in [0.5, 0.6) is 0 Å². The van der Waals surface area contributed by atoms with Gasteiger partial charge in [0.25, 0.3) is 0 Å². The van der Waals surface area contributed by atoms with Gasteiger partial charge in [0.15, 0.2) is 0 Å². The van der Waals surface area contributed by atoms with Crippen LogP contribution in [0.4, 0.5) is 0 Å². The summed E-state index contributed by atoms with van der Waals surface area (Å²) in [5.74, 6) is 2.40. The Labute approximate surface area is 120 Å². The summed E-state index contributed by atoms with van der Waals surface area (Å²) in [5.41, 5.74) is 0. The molecule has 0 spiro atoms. The normalized spacial score (nSPS) is 22.8. The molecule has 0 aliphatic heterocycles. The summed E-state index contributed by atoms with van der Waals surface area (Å²) in [6.07, 6.45) is 6.36. The molecule has 0 atom stereocenters. The Morgan fingerprint density at radius 1 is 1.30 bits per heavy atom. The van der Waals surface area contributed by atoms with Crippen molar-refractivity contribution in [3.63, 3.8) is 0 Å². The van der Waals surface area contributed by atoms with Gasteiger partial charge in [0.1, 0.15) is 5.82 Å². The number of nitrogens with zero attached hydrogens (tertiary/aromatic N) is 3. The molecule has 0 unspecified atom stereocenters. The third kappa shape index (κ3) is 3.58. The fourth-order valence-corrected chi connectivity index (χ4v) is 2.92. The van der Waals surface area contributed by atoms with E-state index in [1.807, 2.05) is 11.5 Å². The number of hydrogen-bond acceptors (Lipinski definition) is 4. The Kier molecular flexibility index (Phi) is 5.15. The van der Waals surface area contributed by atoms with Gasteiger partial charge in [-0.05, 0) is 32.1 Å². The van der Waals surface area contributed by atoms with E-state index >= 15 is 0 Å². The van der Waals surface area contributed by atoms with E-state index in [0.717, 1.165) is 30.6 Å². The molecule has 5 nitrogen and oxygen atoms in total. The number of carbonyl (C=O) groups excluding carboxylic acids is 1. The van der Waals surface area contributed by atoms with E-state index in [-0.39, 0.29) is 5.97 Å². The van der Waals surface area contributed by atoms with Crippen LogP contribution in [0.25, 0.3) is 0 Å². The zero-order valence-corrected chi connectivity index (χ0v) is 12.8. The van der Waals surface area contributed by atoms with E-state index in [9.17, 15) is 4.79 Å². The third-order valence-electron chi connectivity index (χ3n) is 4.29. The molecule has 2 rings (SSSR count). The maximum absolute atomic E-state index is 11.8. The summed E-state index contributed by atoms with van der Waals surface area (Å²) in [4.78, 5) is 11.8. The van der Waals surface area contributed by atoms with Crippen molar-refractivity contribution in [3.05, 3.63) is 11.6 Å². The summed E-state index contributed by atoms with van der Waals surface area (Å²) in [6.45, 7) is 7.20. The molecule has 1 aliphatic rings. The molecule has 112 valence electrons. The maximum atomic E-state index is 11.8. The van der Waals surface area contributed by atoms with Crippen LogP contribution in [0.3, 0.4) is 0 Å². The zero-order chi connectivity index (χ0) is 14.5. The van der Waals surface area contributed by atoms with Crippen molar-refractivity contribution in [2.24, 2.45) is 11.8 Å². The van der Waals surface area contributed by atoms with E-state index in [0.29, 0.717) is 12.4 Å². The number of esters is 1. The first-order valence-electron chi connectivity index (χ1n) is 7.68. The van der Waals surface area contributed by atoms with Crippen LogP contribution in [0.1, 0.15) is 62.4 Å². The summed E-state index contributed by atoms with van der Waals surface area (Å²) in [7, 11) is 0. The van der Waals surface area contributed by atoms with Gasteiger partial charge in [-0.25, -0.2) is 4.79 Å². The van der Waals surface area contributed by atoms with Crippen LogP contribution in [0.2, 0.25) is 0 Å². The molecule has 20 heavy (non-hydrogen) atoms. The lowest BCUT2D eigenvalue weighted by Crippen LogP contribution is -2.18. The lowest BCUT2D eigenvalue weighted by molar-refractivity contribution is 0.0504. The average molecular weight is 279 g/mol. The Morgan fingerprint density at radius 2 is 2.00 bits per heavy atom. The molecule has 1 aromatic heterocycles. The van der Waals surface area contributed by atoms with Crippen molar-refractivity contribution >= 4 is 5.97 Å². The van der Waals surface area contributed by atoms with Crippen molar-refractivity contribution in [1.82, 2.24) is 14.8 Å². The predicted molar refractivity (Wildman–Crippen MR) is 76.5 cm³/mol. The van der Waals surface area contributed by atoms with E-state index in [1.165, 1.54) is 25.7 Å². The topological polar surface area (TPSA) is 57.0 Å². The van der Waals surface area contributed by atoms with Gasteiger partial charge in [-0.3, -0.25) is 0 Å². The summed E-state index contributed by atoms with van der Waals surface area (Å²) in [5, 5.41) is 7.96. The highest BCUT2D eigenvalue weighted by Gasteiger charge is 2.21. The molecule has 1 fully saturated rings. The Hall–Kier alpha value is -1.39. The number of rotatable bonds is 5. The standard InChI is InChI=1S/C15H25N3O2/c1-4-20-15(19)14-17-16-12(3)18(14)10-9-13-7-5-11(2)6-8-13/h11,13H,4-10H2,1-3H3. The molecule has 0 amide bonds. The SMILES string of the molecule is CCOC(=O)c1nnc(C)n1CCC1CCC(C)CC1. The van der Waals surface area contributed by atoms with Crippen molar-refractivity contribution < 1.29 is 9.53 Å². The van der Waals surface area contributed by atoms with Gasteiger partial charge in [0, 0.05) is 6.54 Å². The minimum Gasteiger partial charge on any atom is -0.460 e. The first kappa shape index (κ1) is 15.0. The van der Waals surface area contributed by atoms with Gasteiger partial charge >= 0.3 is 5.97 Å². The molecule has 0 saturated heterocycles. The van der Waals surface area contributed by atoms with Crippen molar-refractivity contribution in [3.8, 4) is 0 Å². The van der Waals surface area contributed by atoms with Crippen molar-refractivity contribution in [2.75, 3.05) is 6.61 Å². The van der Waals surface area contributed by atoms with Gasteiger partial charge in [-0.1, -0.05) is 32.6 Å². The number of carbonyl (C=O) groups is 1. The van der Waals surface area contributed by atoms with Crippen LogP contribution in [-0.4, -0.2) is 27.3 Å². The van der Waals surface area contributed by atoms with E-state index in [1.54, 1.807) is 6.92 Å². The first-order chi connectivity index (χ1) is 9.61. The van der Waals surface area contributed by atoms with Gasteiger partial charge in [-0.2, -0.15) is 0 Å². The molecular weight excluding hydrogens is 254 g/mol. The summed E-state index contributed by atoms with van der Waals surface area (Å²) < 4.78 is 6.92. The minimum atomic E-state index is -0.370. The van der Waals surface area contributed by atoms with E-state index in [2.05, 4.69) is 17.1 Å². The maximum Gasteiger partial charge on any atom is 0.376 e. The highest BCUT2D eigenvalue weighted by Crippen LogP contribution is 2.30. The minimum absolute atomic E-state index is 0.341. The molecule has 0 bridgehead atoms. The van der Waals surface area contributed by atoms with E-state index in [4.69, 9.17) is 4.74 Å². The van der Waals surface area contributed by atoms with Gasteiger partial charge in [0.2, 0.25) is 5.82 Å². The molecular formula is C15H25N3O2. The highest BCUT2D eigenvalue weighted by molar-refractivity contribution is 5.85. The van der Waals surface area contributed by atoms with E-state index < -0.39 is 0 Å². The molecule has 0 N–H and O–H groups in total.